The Bertz CT molecular complexity index is 1130. The number of hydrogen-bond acceptors (Lipinski definition) is 5. The van der Waals surface area contributed by atoms with Crippen LogP contribution >= 0.6 is 11.8 Å². The van der Waals surface area contributed by atoms with E-state index in [1.54, 1.807) is 7.11 Å². The Morgan fingerprint density at radius 2 is 2.09 bits per heavy atom. The van der Waals surface area contributed by atoms with Crippen molar-refractivity contribution in [2.24, 2.45) is 22.6 Å². The highest BCUT2D eigenvalue weighted by Crippen LogP contribution is 2.51. The number of aromatic nitrogens is 1. The number of aliphatic imine (C=N–C) groups is 1. The predicted octanol–water partition coefficient (Wildman–Crippen LogP) is 5.24. The van der Waals surface area contributed by atoms with Gasteiger partial charge in [-0.2, -0.15) is 0 Å². The Labute approximate surface area is 191 Å². The molecule has 2 aromatic rings. The summed E-state index contributed by atoms with van der Waals surface area (Å²) in [5.74, 6) is 0.576. The number of amidine groups is 1. The molecule has 2 aliphatic carbocycles. The number of rotatable bonds is 3. The van der Waals surface area contributed by atoms with Gasteiger partial charge in [0.05, 0.1) is 12.6 Å². The van der Waals surface area contributed by atoms with E-state index in [1.807, 2.05) is 6.20 Å². The standard InChI is InChI=1S/C25H27F2N3OS/c1-14-5-3-4-6-17(14)20-12-29-23(31-2)19-11-25(21-8-7-16(26)10-22(21)27)15(9-18(19)20)13-32-24(28)30-25/h6-8,10,12,14-15H,3-5,9,11,13H2,1-2H3,(H2,28,30)/t14?,15-,25-/m0/s1. The van der Waals surface area contributed by atoms with Crippen molar-refractivity contribution >= 4 is 22.5 Å². The molecule has 168 valence electrons. The first-order valence-electron chi connectivity index (χ1n) is 11.1. The number of benzene rings is 1. The summed E-state index contributed by atoms with van der Waals surface area (Å²) in [5.41, 5.74) is 10.3. The lowest BCUT2D eigenvalue weighted by Crippen LogP contribution is -2.47. The topological polar surface area (TPSA) is 60.5 Å². The van der Waals surface area contributed by atoms with Crippen LogP contribution in [0, 0.1) is 23.5 Å². The van der Waals surface area contributed by atoms with Crippen LogP contribution in [-0.2, 0) is 18.4 Å². The lowest BCUT2D eigenvalue weighted by atomic mass is 9.66. The van der Waals surface area contributed by atoms with Crippen LogP contribution in [0.1, 0.15) is 48.4 Å². The fourth-order valence-corrected chi connectivity index (χ4v) is 6.60. The van der Waals surface area contributed by atoms with Crippen molar-refractivity contribution in [3.63, 3.8) is 0 Å². The summed E-state index contributed by atoms with van der Waals surface area (Å²) >= 11 is 1.50. The van der Waals surface area contributed by atoms with E-state index in [1.165, 1.54) is 47.0 Å². The van der Waals surface area contributed by atoms with Crippen LogP contribution < -0.4 is 10.5 Å². The van der Waals surface area contributed by atoms with Crippen molar-refractivity contribution in [2.75, 3.05) is 12.9 Å². The van der Waals surface area contributed by atoms with Crippen molar-refractivity contribution in [1.29, 1.82) is 0 Å². The van der Waals surface area contributed by atoms with Gasteiger partial charge in [-0.3, -0.25) is 4.99 Å². The minimum atomic E-state index is -0.903. The highest BCUT2D eigenvalue weighted by molar-refractivity contribution is 8.13. The zero-order valence-corrected chi connectivity index (χ0v) is 19.1. The van der Waals surface area contributed by atoms with Crippen molar-refractivity contribution in [3.05, 3.63) is 64.4 Å². The van der Waals surface area contributed by atoms with E-state index in [4.69, 9.17) is 15.5 Å². The molecular formula is C25H27F2N3OS. The first kappa shape index (κ1) is 21.4. The van der Waals surface area contributed by atoms with Crippen LogP contribution in [0.15, 0.2) is 35.5 Å². The Kier molecular flexibility index (Phi) is 5.48. The number of fused-ring (bicyclic) bond motifs is 2. The normalized spacial score (nSPS) is 27.1. The van der Waals surface area contributed by atoms with E-state index in [9.17, 15) is 4.39 Å². The predicted molar refractivity (Wildman–Crippen MR) is 125 cm³/mol. The third kappa shape index (κ3) is 3.41. The second kappa shape index (κ2) is 8.18. The molecule has 0 radical (unpaired) electrons. The molecule has 0 bridgehead atoms. The number of nitrogens with zero attached hydrogens (tertiary/aromatic N) is 2. The molecule has 1 aromatic carbocycles. The minimum absolute atomic E-state index is 0.0256. The van der Waals surface area contributed by atoms with Gasteiger partial charge in [-0.15, -0.1) is 0 Å². The molecule has 0 saturated carbocycles. The van der Waals surface area contributed by atoms with Crippen molar-refractivity contribution in [2.45, 2.75) is 44.6 Å². The van der Waals surface area contributed by atoms with E-state index in [-0.39, 0.29) is 5.92 Å². The molecule has 1 unspecified atom stereocenters. The SMILES string of the molecule is COc1ncc(C2=CCCCC2C)c2c1C[C@]1(c3ccc(F)cc3F)N=C(N)SC[C@@H]1C2. The molecular weight excluding hydrogens is 428 g/mol. The van der Waals surface area contributed by atoms with Gasteiger partial charge in [0.25, 0.3) is 0 Å². The average molecular weight is 456 g/mol. The molecule has 7 heteroatoms. The molecule has 5 rings (SSSR count). The minimum Gasteiger partial charge on any atom is -0.481 e. The Morgan fingerprint density at radius 1 is 1.25 bits per heavy atom. The number of halogens is 2. The number of methoxy groups -OCH3 is 1. The number of allylic oxidation sites excluding steroid dienone is 2. The van der Waals surface area contributed by atoms with Crippen LogP contribution in [0.4, 0.5) is 8.78 Å². The number of hydrogen-bond donors (Lipinski definition) is 1. The van der Waals surface area contributed by atoms with Crippen LogP contribution in [0.5, 0.6) is 5.88 Å². The summed E-state index contributed by atoms with van der Waals surface area (Å²) in [4.78, 5) is 9.46. The van der Waals surface area contributed by atoms with Crippen molar-refractivity contribution in [1.82, 2.24) is 4.98 Å². The third-order valence-corrected chi connectivity index (χ3v) is 8.17. The van der Waals surface area contributed by atoms with Gasteiger partial charge in [-0.25, -0.2) is 13.8 Å². The molecule has 1 aromatic heterocycles. The fourth-order valence-electron chi connectivity index (χ4n) is 5.61. The maximum absolute atomic E-state index is 15.1. The highest BCUT2D eigenvalue weighted by Gasteiger charge is 2.49. The molecule has 2 N–H and O–H groups in total. The zero-order valence-electron chi connectivity index (χ0n) is 18.3. The van der Waals surface area contributed by atoms with Gasteiger partial charge < -0.3 is 10.5 Å². The maximum Gasteiger partial charge on any atom is 0.216 e. The monoisotopic (exact) mass is 455 g/mol. The summed E-state index contributed by atoms with van der Waals surface area (Å²) in [6.45, 7) is 2.27. The first-order chi connectivity index (χ1) is 15.4. The second-order valence-electron chi connectivity index (χ2n) is 9.02. The van der Waals surface area contributed by atoms with Gasteiger partial charge >= 0.3 is 0 Å². The van der Waals surface area contributed by atoms with Gasteiger partial charge in [0.2, 0.25) is 5.88 Å². The molecule has 2 heterocycles. The summed E-state index contributed by atoms with van der Waals surface area (Å²) < 4.78 is 34.5. The van der Waals surface area contributed by atoms with E-state index < -0.39 is 17.2 Å². The summed E-state index contributed by atoms with van der Waals surface area (Å²) in [6, 6.07) is 3.75. The van der Waals surface area contributed by atoms with Crippen LogP contribution in [-0.4, -0.2) is 23.0 Å². The highest BCUT2D eigenvalue weighted by atomic mass is 32.2. The first-order valence-corrected chi connectivity index (χ1v) is 12.1. The van der Waals surface area contributed by atoms with Gasteiger partial charge in [0, 0.05) is 41.5 Å². The summed E-state index contributed by atoms with van der Waals surface area (Å²) in [6.07, 6.45) is 8.85. The van der Waals surface area contributed by atoms with E-state index >= 15 is 4.39 Å². The average Bonchev–Trinajstić information content (AvgIpc) is 2.77. The number of nitrogens with two attached hydrogens (primary N) is 1. The fraction of sp³-hybridized carbons (Fsp3) is 0.440. The Morgan fingerprint density at radius 3 is 2.84 bits per heavy atom. The molecule has 1 aliphatic heterocycles. The smallest absolute Gasteiger partial charge is 0.216 e. The van der Waals surface area contributed by atoms with E-state index in [0.29, 0.717) is 35.4 Å². The van der Waals surface area contributed by atoms with Gasteiger partial charge in [-0.05, 0) is 54.4 Å². The van der Waals surface area contributed by atoms with Crippen LogP contribution in [0.3, 0.4) is 0 Å². The summed E-state index contributed by atoms with van der Waals surface area (Å²) in [7, 11) is 1.61. The van der Waals surface area contributed by atoms with Gasteiger partial charge in [-0.1, -0.05) is 30.8 Å². The molecule has 3 atom stereocenters. The number of ether oxygens (including phenoxy) is 1. The number of thioether (sulfide) groups is 1. The van der Waals surface area contributed by atoms with E-state index in [2.05, 4.69) is 18.0 Å². The van der Waals surface area contributed by atoms with Crippen molar-refractivity contribution in [3.8, 4) is 5.88 Å². The molecule has 0 amide bonds. The molecule has 32 heavy (non-hydrogen) atoms. The van der Waals surface area contributed by atoms with Gasteiger partial charge in [0.1, 0.15) is 11.6 Å². The molecule has 4 nitrogen and oxygen atoms in total. The maximum atomic E-state index is 15.1. The second-order valence-corrected chi connectivity index (χ2v) is 10.1. The third-order valence-electron chi connectivity index (χ3n) is 7.21. The Balaban J connectivity index is 1.71. The van der Waals surface area contributed by atoms with E-state index in [0.717, 1.165) is 30.2 Å². The molecule has 3 aliphatic rings. The quantitative estimate of drug-likeness (QED) is 0.687. The van der Waals surface area contributed by atoms with Gasteiger partial charge in [0.15, 0.2) is 5.17 Å². The van der Waals surface area contributed by atoms with Crippen LogP contribution in [0.2, 0.25) is 0 Å². The lowest BCUT2D eigenvalue weighted by molar-refractivity contribution is 0.261. The molecule has 0 saturated heterocycles. The summed E-state index contributed by atoms with van der Waals surface area (Å²) in [5, 5.41) is 0.431. The van der Waals surface area contributed by atoms with Crippen LogP contribution in [0.25, 0.3) is 5.57 Å². The number of pyridine rings is 1. The molecule has 0 spiro atoms. The van der Waals surface area contributed by atoms with Crippen molar-refractivity contribution < 1.29 is 13.5 Å². The Hall–Kier alpha value is -2.41. The lowest BCUT2D eigenvalue weighted by Gasteiger charge is -2.45. The molecule has 0 fully saturated rings. The zero-order chi connectivity index (χ0) is 22.5. The largest absolute Gasteiger partial charge is 0.481 e.